The average Bonchev–Trinajstić information content (AvgIpc) is 2.69. The van der Waals surface area contributed by atoms with E-state index in [9.17, 15) is 9.90 Å². The number of hydrogen-bond donors (Lipinski definition) is 4. The van der Waals surface area contributed by atoms with E-state index < -0.39 is 6.10 Å². The molecule has 86 valence electrons. The molecule has 0 spiro atoms. The zero-order chi connectivity index (χ0) is 11.5. The number of rotatable bonds is 4. The summed E-state index contributed by atoms with van der Waals surface area (Å²) in [5, 5.41) is 23.6. The Bertz CT molecular complexity index is 406. The number of hydrogen-bond acceptors (Lipinski definition) is 4. The molecule has 0 aromatic heterocycles. The van der Waals surface area contributed by atoms with Gasteiger partial charge in [-0.1, -0.05) is 12.1 Å². The maximum Gasteiger partial charge on any atom is 0.253 e. The van der Waals surface area contributed by atoms with Gasteiger partial charge in [0, 0.05) is 18.8 Å². The second-order valence-corrected chi connectivity index (χ2v) is 3.74. The van der Waals surface area contributed by atoms with E-state index in [1.807, 2.05) is 12.1 Å². The highest BCUT2D eigenvalue weighted by molar-refractivity contribution is 6.03. The van der Waals surface area contributed by atoms with Crippen LogP contribution in [0.2, 0.25) is 0 Å². The Morgan fingerprint density at radius 2 is 2.31 bits per heavy atom. The van der Waals surface area contributed by atoms with Gasteiger partial charge in [0.1, 0.15) is 0 Å². The zero-order valence-corrected chi connectivity index (χ0v) is 8.73. The summed E-state index contributed by atoms with van der Waals surface area (Å²) >= 11 is 0. The average molecular weight is 222 g/mol. The lowest BCUT2D eigenvalue weighted by molar-refractivity contribution is 0.0965. The smallest absolute Gasteiger partial charge is 0.253 e. The van der Waals surface area contributed by atoms with Crippen LogP contribution in [0.3, 0.4) is 0 Å². The quantitative estimate of drug-likeness (QED) is 0.563. The molecule has 1 heterocycles. The molecular weight excluding hydrogens is 208 g/mol. The van der Waals surface area contributed by atoms with E-state index in [-0.39, 0.29) is 19.1 Å². The lowest BCUT2D eigenvalue weighted by Gasteiger charge is -2.12. The van der Waals surface area contributed by atoms with Gasteiger partial charge in [-0.3, -0.25) is 4.79 Å². The van der Waals surface area contributed by atoms with Crippen LogP contribution < -0.4 is 10.6 Å². The van der Waals surface area contributed by atoms with Crippen LogP contribution in [0.1, 0.15) is 15.9 Å². The summed E-state index contributed by atoms with van der Waals surface area (Å²) in [6.07, 6.45) is -0.819. The maximum atomic E-state index is 11.5. The van der Waals surface area contributed by atoms with E-state index >= 15 is 0 Å². The monoisotopic (exact) mass is 222 g/mol. The van der Waals surface area contributed by atoms with Crippen LogP contribution >= 0.6 is 0 Å². The molecule has 1 aromatic rings. The first-order valence-corrected chi connectivity index (χ1v) is 5.15. The molecule has 4 N–H and O–H groups in total. The van der Waals surface area contributed by atoms with Crippen LogP contribution in [0.25, 0.3) is 0 Å². The van der Waals surface area contributed by atoms with Gasteiger partial charge in [-0.15, -0.1) is 0 Å². The van der Waals surface area contributed by atoms with Gasteiger partial charge >= 0.3 is 0 Å². The summed E-state index contributed by atoms with van der Waals surface area (Å²) in [5.41, 5.74) is 2.28. The van der Waals surface area contributed by atoms with Crippen molar-refractivity contribution in [2.75, 3.05) is 18.5 Å². The van der Waals surface area contributed by atoms with Crippen LogP contribution in [-0.4, -0.2) is 35.4 Å². The number of aliphatic hydroxyl groups is 2. The molecule has 1 aromatic carbocycles. The number of aliphatic hydroxyl groups excluding tert-OH is 2. The van der Waals surface area contributed by atoms with Gasteiger partial charge < -0.3 is 20.8 Å². The molecule has 0 saturated heterocycles. The Labute approximate surface area is 93.1 Å². The van der Waals surface area contributed by atoms with Crippen molar-refractivity contribution in [3.8, 4) is 0 Å². The Morgan fingerprint density at radius 3 is 3.06 bits per heavy atom. The fourth-order valence-electron chi connectivity index (χ4n) is 1.72. The van der Waals surface area contributed by atoms with E-state index in [2.05, 4.69) is 10.6 Å². The number of anilines is 1. The second-order valence-electron chi connectivity index (χ2n) is 3.74. The lowest BCUT2D eigenvalue weighted by Crippen LogP contribution is -2.24. The SMILES string of the molecule is O=C1NCc2cccc(NCC(O)CO)c21. The molecule has 1 atom stereocenters. The molecule has 1 amide bonds. The van der Waals surface area contributed by atoms with Crippen molar-refractivity contribution in [3.63, 3.8) is 0 Å². The van der Waals surface area contributed by atoms with Gasteiger partial charge in [0.15, 0.2) is 0 Å². The molecule has 1 unspecified atom stereocenters. The van der Waals surface area contributed by atoms with Gasteiger partial charge in [-0.2, -0.15) is 0 Å². The normalized spacial score (nSPS) is 15.5. The fraction of sp³-hybridized carbons (Fsp3) is 0.364. The van der Waals surface area contributed by atoms with Gasteiger partial charge in [-0.05, 0) is 11.6 Å². The third-order valence-electron chi connectivity index (χ3n) is 2.56. The highest BCUT2D eigenvalue weighted by Crippen LogP contribution is 2.23. The molecule has 0 radical (unpaired) electrons. The summed E-state index contributed by atoms with van der Waals surface area (Å²) in [6.45, 7) is 0.473. The summed E-state index contributed by atoms with van der Waals surface area (Å²) in [5.74, 6) is -0.100. The molecule has 2 rings (SSSR count). The van der Waals surface area contributed by atoms with Crippen molar-refractivity contribution in [2.45, 2.75) is 12.6 Å². The van der Waals surface area contributed by atoms with Gasteiger partial charge in [0.2, 0.25) is 0 Å². The van der Waals surface area contributed by atoms with E-state index in [0.717, 1.165) is 5.56 Å². The molecule has 5 nitrogen and oxygen atoms in total. The number of carbonyl (C=O) groups excluding carboxylic acids is 1. The Hall–Kier alpha value is -1.59. The van der Waals surface area contributed by atoms with Crippen molar-refractivity contribution in [3.05, 3.63) is 29.3 Å². The molecule has 1 aliphatic rings. The van der Waals surface area contributed by atoms with Crippen molar-refractivity contribution >= 4 is 11.6 Å². The maximum absolute atomic E-state index is 11.5. The lowest BCUT2D eigenvalue weighted by atomic mass is 10.1. The molecule has 1 aliphatic heterocycles. The summed E-state index contributed by atoms with van der Waals surface area (Å²) in [7, 11) is 0. The van der Waals surface area contributed by atoms with Crippen molar-refractivity contribution < 1.29 is 15.0 Å². The van der Waals surface area contributed by atoms with E-state index in [1.165, 1.54) is 0 Å². The fourth-order valence-corrected chi connectivity index (χ4v) is 1.72. The predicted molar refractivity (Wildman–Crippen MR) is 59.2 cm³/mol. The van der Waals surface area contributed by atoms with E-state index in [4.69, 9.17) is 5.11 Å². The first kappa shape index (κ1) is 10.9. The topological polar surface area (TPSA) is 81.6 Å². The van der Waals surface area contributed by atoms with Crippen molar-refractivity contribution in [1.29, 1.82) is 0 Å². The number of fused-ring (bicyclic) bond motifs is 1. The van der Waals surface area contributed by atoms with Gasteiger partial charge in [0.25, 0.3) is 5.91 Å². The third-order valence-corrected chi connectivity index (χ3v) is 2.56. The predicted octanol–water partition coefficient (Wildman–Crippen LogP) is -0.305. The molecule has 5 heteroatoms. The summed E-state index contributed by atoms with van der Waals surface area (Å²) in [4.78, 5) is 11.5. The van der Waals surface area contributed by atoms with Crippen LogP contribution in [0.5, 0.6) is 0 Å². The highest BCUT2D eigenvalue weighted by atomic mass is 16.3. The first-order valence-electron chi connectivity index (χ1n) is 5.15. The van der Waals surface area contributed by atoms with Crippen LogP contribution in [0, 0.1) is 0 Å². The van der Waals surface area contributed by atoms with E-state index in [0.29, 0.717) is 17.8 Å². The second kappa shape index (κ2) is 4.51. The number of nitrogens with one attached hydrogen (secondary N) is 2. The minimum atomic E-state index is -0.819. The standard InChI is InChI=1S/C11H14N2O3/c14-6-8(15)5-12-9-3-1-2-7-4-13-11(16)10(7)9/h1-3,8,12,14-15H,4-6H2,(H,13,16). The third kappa shape index (κ3) is 2.00. The molecule has 0 aliphatic carbocycles. The van der Waals surface area contributed by atoms with E-state index in [1.54, 1.807) is 6.07 Å². The minimum Gasteiger partial charge on any atom is -0.394 e. The largest absolute Gasteiger partial charge is 0.394 e. The van der Waals surface area contributed by atoms with Crippen LogP contribution in [0.4, 0.5) is 5.69 Å². The summed E-state index contributed by atoms with van der Waals surface area (Å²) in [6, 6.07) is 5.53. The number of amides is 1. The Kier molecular flexibility index (Phi) is 3.07. The zero-order valence-electron chi connectivity index (χ0n) is 8.73. The molecule has 16 heavy (non-hydrogen) atoms. The van der Waals surface area contributed by atoms with Gasteiger partial charge in [-0.25, -0.2) is 0 Å². The van der Waals surface area contributed by atoms with Crippen molar-refractivity contribution in [2.24, 2.45) is 0 Å². The molecule has 0 fully saturated rings. The minimum absolute atomic E-state index is 0.100. The summed E-state index contributed by atoms with van der Waals surface area (Å²) < 4.78 is 0. The van der Waals surface area contributed by atoms with Crippen LogP contribution in [-0.2, 0) is 6.54 Å². The highest BCUT2D eigenvalue weighted by Gasteiger charge is 2.22. The first-order chi connectivity index (χ1) is 7.72. The molecular formula is C11H14N2O3. The molecule has 0 bridgehead atoms. The Balaban J connectivity index is 2.16. The Morgan fingerprint density at radius 1 is 1.50 bits per heavy atom. The van der Waals surface area contributed by atoms with Crippen molar-refractivity contribution in [1.82, 2.24) is 5.32 Å². The molecule has 0 saturated carbocycles. The number of benzene rings is 1. The van der Waals surface area contributed by atoms with Crippen LogP contribution in [0.15, 0.2) is 18.2 Å². The number of carbonyl (C=O) groups is 1. The van der Waals surface area contributed by atoms with Gasteiger partial charge in [0.05, 0.1) is 18.3 Å².